The topological polar surface area (TPSA) is 40.7 Å². The van der Waals surface area contributed by atoms with Crippen molar-refractivity contribution in [1.29, 1.82) is 0 Å². The largest absolute Gasteiger partial charge is 0.312 e. The minimum Gasteiger partial charge on any atom is -0.312 e. The van der Waals surface area contributed by atoms with Gasteiger partial charge in [0.15, 0.2) is 0 Å². The van der Waals surface area contributed by atoms with E-state index in [0.29, 0.717) is 0 Å². The summed E-state index contributed by atoms with van der Waals surface area (Å²) in [6.45, 7) is 2.07. The fourth-order valence-corrected chi connectivity index (χ4v) is 2.01. The summed E-state index contributed by atoms with van der Waals surface area (Å²) in [5, 5.41) is 11.6. The van der Waals surface area contributed by atoms with Crippen LogP contribution in [0.5, 0.6) is 0 Å². The van der Waals surface area contributed by atoms with Crippen molar-refractivity contribution in [2.24, 2.45) is 0 Å². The van der Waals surface area contributed by atoms with Gasteiger partial charge >= 0.3 is 0 Å². The van der Waals surface area contributed by atoms with E-state index in [0.717, 1.165) is 25.0 Å². The molecule has 2 heterocycles. The number of nitrogens with one attached hydrogen (secondary N) is 2. The zero-order chi connectivity index (χ0) is 10.1. The Kier molecular flexibility index (Phi) is 2.03. The molecule has 3 nitrogen and oxygen atoms in total. The van der Waals surface area contributed by atoms with Crippen molar-refractivity contribution >= 4 is 16.5 Å². The molecule has 2 aromatic rings. The van der Waals surface area contributed by atoms with Crippen LogP contribution in [0.4, 0.5) is 0 Å². The first-order valence-corrected chi connectivity index (χ1v) is 5.27. The fraction of sp³-hybridized carbons (Fsp3) is 0.250. The fourth-order valence-electron chi connectivity index (χ4n) is 2.01. The van der Waals surface area contributed by atoms with Gasteiger partial charge in [0, 0.05) is 11.9 Å². The Bertz CT molecular complexity index is 510. The van der Waals surface area contributed by atoms with Gasteiger partial charge in [-0.15, -0.1) is 0 Å². The third kappa shape index (κ3) is 1.55. The lowest BCUT2D eigenvalue weighted by atomic mass is 10.0. The van der Waals surface area contributed by atoms with Crippen molar-refractivity contribution in [3.63, 3.8) is 0 Å². The normalized spacial score (nSPS) is 16.7. The first-order chi connectivity index (χ1) is 7.43. The summed E-state index contributed by atoms with van der Waals surface area (Å²) in [5.41, 5.74) is 3.79. The van der Waals surface area contributed by atoms with E-state index in [1.165, 1.54) is 16.5 Å². The van der Waals surface area contributed by atoms with E-state index in [-0.39, 0.29) is 0 Å². The Balaban J connectivity index is 2.06. The number of benzene rings is 1. The van der Waals surface area contributed by atoms with Crippen LogP contribution in [0.2, 0.25) is 0 Å². The van der Waals surface area contributed by atoms with Gasteiger partial charge in [-0.05, 0) is 36.2 Å². The summed E-state index contributed by atoms with van der Waals surface area (Å²) in [7, 11) is 0. The molecule has 0 atom stereocenters. The second-order valence-electron chi connectivity index (χ2n) is 3.87. The van der Waals surface area contributed by atoms with Gasteiger partial charge in [0.05, 0.1) is 11.7 Å². The SMILES string of the molecule is C1=C(c2ccc3[nH]ncc3c2)CNCC1. The molecule has 0 saturated carbocycles. The molecule has 1 aliphatic heterocycles. The van der Waals surface area contributed by atoms with Crippen LogP contribution >= 0.6 is 0 Å². The highest BCUT2D eigenvalue weighted by Gasteiger charge is 2.06. The van der Waals surface area contributed by atoms with Crippen molar-refractivity contribution in [1.82, 2.24) is 15.5 Å². The Morgan fingerprint density at radius 3 is 3.13 bits per heavy atom. The lowest BCUT2D eigenvalue weighted by molar-refractivity contribution is 0.739. The number of aromatic amines is 1. The zero-order valence-corrected chi connectivity index (χ0v) is 8.46. The number of rotatable bonds is 1. The molecule has 0 bridgehead atoms. The molecule has 0 aliphatic carbocycles. The zero-order valence-electron chi connectivity index (χ0n) is 8.46. The molecule has 0 spiro atoms. The molecule has 0 fully saturated rings. The van der Waals surface area contributed by atoms with Gasteiger partial charge in [0.2, 0.25) is 0 Å². The first kappa shape index (κ1) is 8.68. The maximum atomic E-state index is 4.03. The standard InChI is InChI=1S/C12H13N3/c1-2-10(7-13-5-1)9-3-4-12-11(6-9)8-14-15-12/h2-4,6,8,13H,1,5,7H2,(H,14,15). The van der Waals surface area contributed by atoms with Gasteiger partial charge in [-0.2, -0.15) is 5.10 Å². The van der Waals surface area contributed by atoms with Crippen LogP contribution in [-0.2, 0) is 0 Å². The van der Waals surface area contributed by atoms with Crippen LogP contribution < -0.4 is 5.32 Å². The number of H-pyrrole nitrogens is 1. The van der Waals surface area contributed by atoms with E-state index in [4.69, 9.17) is 0 Å². The van der Waals surface area contributed by atoms with Crippen molar-refractivity contribution in [3.8, 4) is 0 Å². The molecule has 2 N–H and O–H groups in total. The molecule has 1 aromatic heterocycles. The maximum Gasteiger partial charge on any atom is 0.0650 e. The average Bonchev–Trinajstić information content (AvgIpc) is 2.77. The molecule has 15 heavy (non-hydrogen) atoms. The maximum absolute atomic E-state index is 4.03. The second-order valence-corrected chi connectivity index (χ2v) is 3.87. The van der Waals surface area contributed by atoms with Gasteiger partial charge in [0.1, 0.15) is 0 Å². The Hall–Kier alpha value is -1.61. The van der Waals surface area contributed by atoms with Crippen molar-refractivity contribution in [2.45, 2.75) is 6.42 Å². The predicted octanol–water partition coefficient (Wildman–Crippen LogP) is 1.94. The van der Waals surface area contributed by atoms with Gasteiger partial charge in [0.25, 0.3) is 0 Å². The highest BCUT2D eigenvalue weighted by Crippen LogP contribution is 2.20. The van der Waals surface area contributed by atoms with E-state index >= 15 is 0 Å². The third-order valence-corrected chi connectivity index (χ3v) is 2.84. The van der Waals surface area contributed by atoms with Crippen LogP contribution in [0.3, 0.4) is 0 Å². The summed E-state index contributed by atoms with van der Waals surface area (Å²) in [6.07, 6.45) is 5.31. The highest BCUT2D eigenvalue weighted by atomic mass is 15.1. The smallest absolute Gasteiger partial charge is 0.0650 e. The number of hydrogen-bond acceptors (Lipinski definition) is 2. The summed E-state index contributed by atoms with van der Waals surface area (Å²) in [6, 6.07) is 6.43. The molecule has 0 amide bonds. The molecule has 1 aliphatic rings. The van der Waals surface area contributed by atoms with Gasteiger partial charge in [-0.1, -0.05) is 12.1 Å². The van der Waals surface area contributed by atoms with Crippen LogP contribution in [0.1, 0.15) is 12.0 Å². The van der Waals surface area contributed by atoms with Gasteiger partial charge in [-0.25, -0.2) is 0 Å². The van der Waals surface area contributed by atoms with Crippen LogP contribution in [0, 0.1) is 0 Å². The lowest BCUT2D eigenvalue weighted by Gasteiger charge is -2.14. The first-order valence-electron chi connectivity index (χ1n) is 5.27. The van der Waals surface area contributed by atoms with E-state index in [2.05, 4.69) is 39.8 Å². The van der Waals surface area contributed by atoms with Crippen molar-refractivity contribution in [2.75, 3.05) is 13.1 Å². The summed E-state index contributed by atoms with van der Waals surface area (Å²) in [5.74, 6) is 0. The molecular weight excluding hydrogens is 186 g/mol. The van der Waals surface area contributed by atoms with E-state index in [9.17, 15) is 0 Å². The van der Waals surface area contributed by atoms with E-state index in [1.54, 1.807) is 0 Å². The minimum atomic E-state index is 0.976. The molecule has 3 heteroatoms. The Morgan fingerprint density at radius 1 is 1.27 bits per heavy atom. The highest BCUT2D eigenvalue weighted by molar-refractivity contribution is 5.83. The lowest BCUT2D eigenvalue weighted by Crippen LogP contribution is -2.21. The summed E-state index contributed by atoms with van der Waals surface area (Å²) >= 11 is 0. The van der Waals surface area contributed by atoms with Gasteiger partial charge in [-0.3, -0.25) is 5.10 Å². The van der Waals surface area contributed by atoms with Crippen molar-refractivity contribution < 1.29 is 0 Å². The quantitative estimate of drug-likeness (QED) is 0.737. The predicted molar refractivity (Wildman–Crippen MR) is 61.6 cm³/mol. The molecule has 1 aromatic carbocycles. The van der Waals surface area contributed by atoms with Crippen LogP contribution in [0.25, 0.3) is 16.5 Å². The summed E-state index contributed by atoms with van der Waals surface area (Å²) in [4.78, 5) is 0. The average molecular weight is 199 g/mol. The second kappa shape index (κ2) is 3.51. The van der Waals surface area contributed by atoms with Crippen LogP contribution in [0.15, 0.2) is 30.5 Å². The molecule has 76 valence electrons. The number of fused-ring (bicyclic) bond motifs is 1. The van der Waals surface area contributed by atoms with Crippen LogP contribution in [-0.4, -0.2) is 23.3 Å². The minimum absolute atomic E-state index is 0.976. The number of hydrogen-bond donors (Lipinski definition) is 2. The van der Waals surface area contributed by atoms with E-state index < -0.39 is 0 Å². The monoisotopic (exact) mass is 199 g/mol. The molecule has 0 saturated heterocycles. The molecular formula is C12H13N3. The van der Waals surface area contributed by atoms with Gasteiger partial charge < -0.3 is 5.32 Å². The molecule has 0 unspecified atom stereocenters. The van der Waals surface area contributed by atoms with E-state index in [1.807, 2.05) is 6.20 Å². The van der Waals surface area contributed by atoms with Crippen molar-refractivity contribution in [3.05, 3.63) is 36.0 Å². The Morgan fingerprint density at radius 2 is 2.27 bits per heavy atom. The number of aromatic nitrogens is 2. The Labute approximate surface area is 88.2 Å². The number of nitrogens with zero attached hydrogens (tertiary/aromatic N) is 1. The third-order valence-electron chi connectivity index (χ3n) is 2.84. The molecule has 3 rings (SSSR count). The summed E-state index contributed by atoms with van der Waals surface area (Å²) < 4.78 is 0. The molecule has 0 radical (unpaired) electrons.